The molecule has 2 aromatic carbocycles. The van der Waals surface area contributed by atoms with Crippen molar-refractivity contribution in [2.24, 2.45) is 4.99 Å². The summed E-state index contributed by atoms with van der Waals surface area (Å²) in [6.07, 6.45) is 1.83. The molecule has 2 N–H and O–H groups in total. The average molecular weight is 416 g/mol. The Kier molecular flexibility index (Phi) is 5.35. The predicted octanol–water partition coefficient (Wildman–Crippen LogP) is 4.30. The summed E-state index contributed by atoms with van der Waals surface area (Å²) in [6, 6.07) is 14.8. The van der Waals surface area contributed by atoms with Gasteiger partial charge < -0.3 is 10.6 Å². The number of nitrogens with zero attached hydrogens (tertiary/aromatic N) is 1. The van der Waals surface area contributed by atoms with Gasteiger partial charge in [-0.2, -0.15) is 0 Å². The van der Waals surface area contributed by atoms with Gasteiger partial charge in [-0.3, -0.25) is 9.59 Å². The molecule has 1 aliphatic rings. The van der Waals surface area contributed by atoms with Crippen LogP contribution in [0.4, 0.5) is 11.4 Å². The Morgan fingerprint density at radius 2 is 1.84 bits per heavy atom. The van der Waals surface area contributed by atoms with E-state index in [9.17, 15) is 9.59 Å². The zero-order chi connectivity index (χ0) is 17.8. The fraction of sp³-hybridized carbons (Fsp3) is 0.0556. The van der Waals surface area contributed by atoms with Crippen molar-refractivity contribution in [2.75, 3.05) is 5.32 Å². The van der Waals surface area contributed by atoms with Crippen LogP contribution in [0.3, 0.4) is 0 Å². The number of benzene rings is 2. The van der Waals surface area contributed by atoms with E-state index < -0.39 is 0 Å². The van der Waals surface area contributed by atoms with Crippen LogP contribution in [0.2, 0.25) is 0 Å². The van der Waals surface area contributed by atoms with E-state index in [1.807, 2.05) is 30.3 Å². The van der Waals surface area contributed by atoms with Crippen molar-refractivity contribution in [3.63, 3.8) is 0 Å². The van der Waals surface area contributed by atoms with Gasteiger partial charge in [-0.15, -0.1) is 0 Å². The number of thioether (sulfide) groups is 1. The molecule has 0 unspecified atom stereocenters. The highest BCUT2D eigenvalue weighted by Gasteiger charge is 2.23. The highest BCUT2D eigenvalue weighted by Crippen LogP contribution is 2.28. The molecule has 25 heavy (non-hydrogen) atoms. The summed E-state index contributed by atoms with van der Waals surface area (Å²) in [7, 11) is 0. The molecule has 0 atom stereocenters. The van der Waals surface area contributed by atoms with Crippen LogP contribution in [-0.2, 0) is 9.59 Å². The van der Waals surface area contributed by atoms with Crippen LogP contribution in [0.25, 0.3) is 6.08 Å². The molecule has 1 aliphatic heterocycles. The van der Waals surface area contributed by atoms with Crippen molar-refractivity contribution in [3.05, 3.63) is 63.5 Å². The molecule has 3 rings (SSSR count). The smallest absolute Gasteiger partial charge is 0.264 e. The molecule has 5 nitrogen and oxygen atoms in total. The molecule has 2 aromatic rings. The second-order valence-electron chi connectivity index (χ2n) is 5.26. The Balaban J connectivity index is 1.74. The van der Waals surface area contributed by atoms with Crippen molar-refractivity contribution in [1.29, 1.82) is 0 Å². The fourth-order valence-electron chi connectivity index (χ4n) is 2.13. The second-order valence-corrected chi connectivity index (χ2v) is 7.21. The largest absolute Gasteiger partial charge is 0.326 e. The first kappa shape index (κ1) is 17.4. The maximum absolute atomic E-state index is 12.1. The molecule has 0 aliphatic carbocycles. The third-order valence-electron chi connectivity index (χ3n) is 3.24. The molecule has 0 radical (unpaired) electrons. The standard InChI is InChI=1S/C18H14BrN3O2S/c1-11(23)20-14-6-8-15(9-7-14)21-18-22-17(24)16(25-18)10-12-2-4-13(19)5-3-12/h2-10H,1H3,(H,20,23)(H,21,22,24). The number of carbonyl (C=O) groups excluding carboxylic acids is 2. The number of rotatable bonds is 3. The Morgan fingerprint density at radius 3 is 2.48 bits per heavy atom. The van der Waals surface area contributed by atoms with Crippen molar-refractivity contribution >= 4 is 62.1 Å². The Morgan fingerprint density at radius 1 is 1.16 bits per heavy atom. The number of carbonyl (C=O) groups is 2. The van der Waals surface area contributed by atoms with E-state index >= 15 is 0 Å². The summed E-state index contributed by atoms with van der Waals surface area (Å²) in [5.74, 6) is -0.290. The molecule has 2 amide bonds. The second kappa shape index (κ2) is 7.67. The van der Waals surface area contributed by atoms with E-state index in [4.69, 9.17) is 0 Å². The summed E-state index contributed by atoms with van der Waals surface area (Å²) < 4.78 is 0.989. The number of aliphatic imine (C=N–C) groups is 1. The third kappa shape index (κ3) is 4.80. The summed E-state index contributed by atoms with van der Waals surface area (Å²) in [6.45, 7) is 1.46. The minimum absolute atomic E-state index is 0.125. The van der Waals surface area contributed by atoms with Gasteiger partial charge in [-0.05, 0) is 59.8 Å². The van der Waals surface area contributed by atoms with Crippen LogP contribution in [0.1, 0.15) is 12.5 Å². The molecule has 0 bridgehead atoms. The lowest BCUT2D eigenvalue weighted by molar-refractivity contribution is -0.115. The van der Waals surface area contributed by atoms with Crippen LogP contribution in [0.5, 0.6) is 0 Å². The van der Waals surface area contributed by atoms with Gasteiger partial charge in [0, 0.05) is 17.1 Å². The van der Waals surface area contributed by atoms with Crippen molar-refractivity contribution in [3.8, 4) is 0 Å². The van der Waals surface area contributed by atoms with Crippen LogP contribution in [-0.4, -0.2) is 17.0 Å². The van der Waals surface area contributed by atoms with Gasteiger partial charge in [0.05, 0.1) is 10.6 Å². The van der Waals surface area contributed by atoms with Crippen LogP contribution < -0.4 is 10.6 Å². The van der Waals surface area contributed by atoms with Gasteiger partial charge in [0.15, 0.2) is 5.17 Å². The van der Waals surface area contributed by atoms with E-state index in [1.165, 1.54) is 18.7 Å². The van der Waals surface area contributed by atoms with Gasteiger partial charge in [0.2, 0.25) is 5.91 Å². The van der Waals surface area contributed by atoms with E-state index in [0.29, 0.717) is 21.4 Å². The maximum atomic E-state index is 12.1. The quantitative estimate of drug-likeness (QED) is 0.734. The van der Waals surface area contributed by atoms with E-state index in [-0.39, 0.29) is 11.8 Å². The molecule has 1 saturated heterocycles. The Hall–Kier alpha value is -2.38. The third-order valence-corrected chi connectivity index (χ3v) is 4.68. The van der Waals surface area contributed by atoms with Gasteiger partial charge in [0.25, 0.3) is 5.91 Å². The summed E-state index contributed by atoms with van der Waals surface area (Å²) >= 11 is 4.68. The molecular weight excluding hydrogens is 402 g/mol. The molecule has 1 fully saturated rings. The zero-order valence-corrected chi connectivity index (χ0v) is 15.6. The SMILES string of the molecule is CC(=O)Nc1ccc(N=C2NC(=O)C(=Cc3ccc(Br)cc3)S2)cc1. The zero-order valence-electron chi connectivity index (χ0n) is 13.2. The van der Waals surface area contributed by atoms with Gasteiger partial charge in [-0.25, -0.2) is 4.99 Å². The normalized spacial score (nSPS) is 17.0. The van der Waals surface area contributed by atoms with Crippen LogP contribution in [0.15, 0.2) is 62.9 Å². The number of anilines is 1. The molecule has 0 spiro atoms. The van der Waals surface area contributed by atoms with Crippen molar-refractivity contribution in [2.45, 2.75) is 6.92 Å². The topological polar surface area (TPSA) is 70.6 Å². The molecule has 7 heteroatoms. The number of amidine groups is 1. The number of hydrogen-bond donors (Lipinski definition) is 2. The Bertz CT molecular complexity index is 874. The highest BCUT2D eigenvalue weighted by molar-refractivity contribution is 9.10. The molecule has 0 aromatic heterocycles. The monoisotopic (exact) mass is 415 g/mol. The van der Waals surface area contributed by atoms with E-state index in [1.54, 1.807) is 24.3 Å². The maximum Gasteiger partial charge on any atom is 0.264 e. The van der Waals surface area contributed by atoms with Gasteiger partial charge in [-0.1, -0.05) is 28.1 Å². The fourth-order valence-corrected chi connectivity index (χ4v) is 3.24. The van der Waals surface area contributed by atoms with Gasteiger partial charge in [0.1, 0.15) is 0 Å². The Labute approximate surface area is 157 Å². The van der Waals surface area contributed by atoms with E-state index in [0.717, 1.165) is 10.0 Å². The highest BCUT2D eigenvalue weighted by atomic mass is 79.9. The van der Waals surface area contributed by atoms with Crippen LogP contribution >= 0.6 is 27.7 Å². The molecular formula is C18H14BrN3O2S. The van der Waals surface area contributed by atoms with E-state index in [2.05, 4.69) is 31.6 Å². The number of nitrogens with one attached hydrogen (secondary N) is 2. The predicted molar refractivity (Wildman–Crippen MR) is 106 cm³/mol. The first-order valence-corrected chi connectivity index (χ1v) is 9.03. The molecule has 0 saturated carbocycles. The number of amides is 2. The van der Waals surface area contributed by atoms with Crippen molar-refractivity contribution < 1.29 is 9.59 Å². The summed E-state index contributed by atoms with van der Waals surface area (Å²) in [4.78, 5) is 28.1. The summed E-state index contributed by atoms with van der Waals surface area (Å²) in [5, 5.41) is 5.98. The minimum atomic E-state index is -0.165. The van der Waals surface area contributed by atoms with Crippen LogP contribution in [0, 0.1) is 0 Å². The lowest BCUT2D eigenvalue weighted by atomic mass is 10.2. The average Bonchev–Trinajstić information content (AvgIpc) is 2.90. The lowest BCUT2D eigenvalue weighted by Gasteiger charge is -2.02. The van der Waals surface area contributed by atoms with Gasteiger partial charge >= 0.3 is 0 Å². The first-order chi connectivity index (χ1) is 12.0. The van der Waals surface area contributed by atoms with Crippen molar-refractivity contribution in [1.82, 2.24) is 5.32 Å². The lowest BCUT2D eigenvalue weighted by Crippen LogP contribution is -2.19. The molecule has 1 heterocycles. The minimum Gasteiger partial charge on any atom is -0.326 e. The summed E-state index contributed by atoms with van der Waals surface area (Å²) in [5.41, 5.74) is 2.35. The molecule has 126 valence electrons. The number of halogens is 1. The first-order valence-electron chi connectivity index (χ1n) is 7.42. The number of hydrogen-bond acceptors (Lipinski definition) is 4.